The SMILES string of the molecule is CCC(C)[C@H](N)C(=O)NC(C)C(CO)SC. The molecular formula is C11H24N2O2S. The number of carbonyl (C=O) groups excluding carboxylic acids is 1. The first-order chi connectivity index (χ1) is 7.47. The minimum absolute atomic E-state index is 0.0214. The fourth-order valence-corrected chi connectivity index (χ4v) is 1.99. The number of aliphatic hydroxyl groups is 1. The van der Waals surface area contributed by atoms with Crippen LogP contribution in [0.4, 0.5) is 0 Å². The Bertz CT molecular complexity index is 210. The van der Waals surface area contributed by atoms with Gasteiger partial charge >= 0.3 is 0 Å². The molecule has 0 aliphatic heterocycles. The summed E-state index contributed by atoms with van der Waals surface area (Å²) >= 11 is 1.54. The third kappa shape index (κ3) is 4.72. The van der Waals surface area contributed by atoms with Gasteiger partial charge in [-0.15, -0.1) is 0 Å². The molecule has 0 rings (SSSR count). The van der Waals surface area contributed by atoms with Crippen LogP contribution >= 0.6 is 11.8 Å². The van der Waals surface area contributed by atoms with Gasteiger partial charge in [0.1, 0.15) is 0 Å². The normalized spacial score (nSPS) is 18.6. The molecule has 4 N–H and O–H groups in total. The van der Waals surface area contributed by atoms with E-state index >= 15 is 0 Å². The van der Waals surface area contributed by atoms with Crippen LogP contribution in [-0.2, 0) is 4.79 Å². The lowest BCUT2D eigenvalue weighted by molar-refractivity contribution is -0.124. The predicted molar refractivity (Wildman–Crippen MR) is 69.4 cm³/mol. The van der Waals surface area contributed by atoms with Gasteiger partial charge in [0.25, 0.3) is 0 Å². The summed E-state index contributed by atoms with van der Waals surface area (Å²) < 4.78 is 0. The molecular weight excluding hydrogens is 224 g/mol. The Hall–Kier alpha value is -0.260. The van der Waals surface area contributed by atoms with Gasteiger partial charge in [-0.1, -0.05) is 20.3 Å². The maximum atomic E-state index is 11.8. The number of amides is 1. The van der Waals surface area contributed by atoms with E-state index in [1.54, 1.807) is 11.8 Å². The van der Waals surface area contributed by atoms with Gasteiger partial charge in [0.2, 0.25) is 5.91 Å². The van der Waals surface area contributed by atoms with E-state index in [0.29, 0.717) is 0 Å². The molecule has 0 aromatic carbocycles. The Morgan fingerprint density at radius 2 is 2.06 bits per heavy atom. The van der Waals surface area contributed by atoms with Crippen LogP contribution in [0.1, 0.15) is 27.2 Å². The number of nitrogens with one attached hydrogen (secondary N) is 1. The van der Waals surface area contributed by atoms with Gasteiger partial charge in [0, 0.05) is 11.3 Å². The van der Waals surface area contributed by atoms with Crippen molar-refractivity contribution in [3.05, 3.63) is 0 Å². The first-order valence-corrected chi connectivity index (χ1v) is 6.96. The summed E-state index contributed by atoms with van der Waals surface area (Å²) in [6.07, 6.45) is 2.80. The molecule has 0 fully saturated rings. The van der Waals surface area contributed by atoms with E-state index in [2.05, 4.69) is 5.32 Å². The minimum atomic E-state index is -0.464. The van der Waals surface area contributed by atoms with Crippen molar-refractivity contribution in [3.8, 4) is 0 Å². The standard InChI is InChI=1S/C11H24N2O2S/c1-5-7(2)10(12)11(15)13-8(3)9(6-14)16-4/h7-10,14H,5-6,12H2,1-4H3,(H,13,15)/t7?,8?,9?,10-/m0/s1. The molecule has 0 radical (unpaired) electrons. The molecule has 5 heteroatoms. The van der Waals surface area contributed by atoms with E-state index in [-0.39, 0.29) is 29.7 Å². The highest BCUT2D eigenvalue weighted by Gasteiger charge is 2.23. The molecule has 4 nitrogen and oxygen atoms in total. The Labute approximate surface area is 102 Å². The topological polar surface area (TPSA) is 75.4 Å². The Kier molecular flexibility index (Phi) is 7.80. The van der Waals surface area contributed by atoms with Crippen molar-refractivity contribution in [1.82, 2.24) is 5.32 Å². The van der Waals surface area contributed by atoms with Gasteiger partial charge < -0.3 is 16.2 Å². The van der Waals surface area contributed by atoms with Gasteiger partial charge in [0.05, 0.1) is 12.6 Å². The number of nitrogens with two attached hydrogens (primary N) is 1. The molecule has 0 aromatic heterocycles. The first kappa shape index (κ1) is 15.7. The molecule has 0 spiro atoms. The summed E-state index contributed by atoms with van der Waals surface area (Å²) in [7, 11) is 0. The van der Waals surface area contributed by atoms with Crippen molar-refractivity contribution >= 4 is 17.7 Å². The van der Waals surface area contributed by atoms with E-state index in [9.17, 15) is 4.79 Å². The zero-order chi connectivity index (χ0) is 12.7. The average molecular weight is 248 g/mol. The first-order valence-electron chi connectivity index (χ1n) is 5.67. The van der Waals surface area contributed by atoms with Crippen LogP contribution in [0.5, 0.6) is 0 Å². The molecule has 3 unspecified atom stereocenters. The second-order valence-electron chi connectivity index (χ2n) is 4.17. The maximum absolute atomic E-state index is 11.8. The van der Waals surface area contributed by atoms with Crippen LogP contribution in [-0.4, -0.2) is 41.2 Å². The number of carbonyl (C=O) groups is 1. The smallest absolute Gasteiger partial charge is 0.237 e. The number of aliphatic hydroxyl groups excluding tert-OH is 1. The van der Waals surface area contributed by atoms with E-state index in [0.717, 1.165) is 6.42 Å². The van der Waals surface area contributed by atoms with Crippen molar-refractivity contribution in [1.29, 1.82) is 0 Å². The molecule has 0 saturated heterocycles. The van der Waals surface area contributed by atoms with Crippen molar-refractivity contribution in [3.63, 3.8) is 0 Å². The summed E-state index contributed by atoms with van der Waals surface area (Å²) in [5.41, 5.74) is 5.82. The van der Waals surface area contributed by atoms with Crippen LogP contribution < -0.4 is 11.1 Å². The molecule has 4 atom stereocenters. The minimum Gasteiger partial charge on any atom is -0.395 e. The second-order valence-corrected chi connectivity index (χ2v) is 5.24. The second kappa shape index (κ2) is 7.92. The van der Waals surface area contributed by atoms with E-state index in [4.69, 9.17) is 10.8 Å². The summed E-state index contributed by atoms with van der Waals surface area (Å²) in [6.45, 7) is 5.92. The Morgan fingerprint density at radius 3 is 2.44 bits per heavy atom. The van der Waals surface area contributed by atoms with Gasteiger partial charge in [-0.3, -0.25) is 4.79 Å². The molecule has 1 amide bonds. The predicted octanol–water partition coefficient (Wildman–Crippen LogP) is 0.588. The molecule has 0 aliphatic rings. The van der Waals surface area contributed by atoms with E-state index in [1.807, 2.05) is 27.0 Å². The number of hydrogen-bond donors (Lipinski definition) is 3. The number of hydrogen-bond acceptors (Lipinski definition) is 4. The summed E-state index contributed by atoms with van der Waals surface area (Å²) in [4.78, 5) is 11.8. The van der Waals surface area contributed by atoms with Gasteiger partial charge in [0.15, 0.2) is 0 Å². The molecule has 96 valence electrons. The third-order valence-corrected chi connectivity index (χ3v) is 4.13. The van der Waals surface area contributed by atoms with Crippen molar-refractivity contribution in [2.75, 3.05) is 12.9 Å². The summed E-state index contributed by atoms with van der Waals surface area (Å²) in [6, 6.07) is -0.531. The fourth-order valence-electron chi connectivity index (χ4n) is 1.36. The number of rotatable bonds is 7. The zero-order valence-corrected chi connectivity index (χ0v) is 11.4. The van der Waals surface area contributed by atoms with Crippen molar-refractivity contribution in [2.45, 2.75) is 44.5 Å². The van der Waals surface area contributed by atoms with Gasteiger partial charge in [-0.2, -0.15) is 11.8 Å². The van der Waals surface area contributed by atoms with E-state index in [1.165, 1.54) is 0 Å². The summed E-state index contributed by atoms with van der Waals surface area (Å²) in [5.74, 6) is 0.0448. The lowest BCUT2D eigenvalue weighted by Crippen LogP contribution is -2.50. The lowest BCUT2D eigenvalue weighted by Gasteiger charge is -2.25. The molecule has 0 heterocycles. The molecule has 0 aliphatic carbocycles. The molecule has 16 heavy (non-hydrogen) atoms. The van der Waals surface area contributed by atoms with Gasteiger partial charge in [-0.25, -0.2) is 0 Å². The quantitative estimate of drug-likeness (QED) is 0.616. The Balaban J connectivity index is 4.22. The van der Waals surface area contributed by atoms with Crippen molar-refractivity contribution < 1.29 is 9.90 Å². The maximum Gasteiger partial charge on any atom is 0.237 e. The largest absolute Gasteiger partial charge is 0.395 e. The zero-order valence-electron chi connectivity index (χ0n) is 10.6. The fraction of sp³-hybridized carbons (Fsp3) is 0.909. The lowest BCUT2D eigenvalue weighted by atomic mass is 9.99. The molecule has 0 aromatic rings. The van der Waals surface area contributed by atoms with Crippen LogP contribution in [0, 0.1) is 5.92 Å². The van der Waals surface area contributed by atoms with Crippen LogP contribution in [0.3, 0.4) is 0 Å². The summed E-state index contributed by atoms with van der Waals surface area (Å²) in [5, 5.41) is 12.0. The molecule has 0 saturated carbocycles. The highest BCUT2D eigenvalue weighted by atomic mass is 32.2. The monoisotopic (exact) mass is 248 g/mol. The Morgan fingerprint density at radius 1 is 1.50 bits per heavy atom. The van der Waals surface area contributed by atoms with Gasteiger partial charge in [-0.05, 0) is 19.1 Å². The number of thioether (sulfide) groups is 1. The van der Waals surface area contributed by atoms with Crippen LogP contribution in [0.2, 0.25) is 0 Å². The highest BCUT2D eigenvalue weighted by molar-refractivity contribution is 7.99. The highest BCUT2D eigenvalue weighted by Crippen LogP contribution is 2.11. The average Bonchev–Trinajstić information content (AvgIpc) is 2.28. The van der Waals surface area contributed by atoms with Crippen molar-refractivity contribution in [2.24, 2.45) is 11.7 Å². The van der Waals surface area contributed by atoms with Crippen LogP contribution in [0.25, 0.3) is 0 Å². The molecule has 0 bridgehead atoms. The third-order valence-electron chi connectivity index (χ3n) is 2.97. The van der Waals surface area contributed by atoms with Crippen LogP contribution in [0.15, 0.2) is 0 Å². The van der Waals surface area contributed by atoms with E-state index < -0.39 is 6.04 Å².